The standard InChI is InChI=1S/C21H21N3O2/c1-2-15-24(16-9-4-3-5-10-16)20(25)14-8-13-19-22-18-12-7-6-11-17(18)21(26)23-19/h2-7,9-12H,1,8,13-15H2,(H,22,23,26). The van der Waals surface area contributed by atoms with Crippen molar-refractivity contribution in [3.63, 3.8) is 0 Å². The number of aryl methyl sites for hydroxylation is 1. The van der Waals surface area contributed by atoms with E-state index in [1.54, 1.807) is 17.0 Å². The van der Waals surface area contributed by atoms with Gasteiger partial charge in [-0.2, -0.15) is 0 Å². The molecule has 3 rings (SSSR count). The Morgan fingerprint density at radius 1 is 1.12 bits per heavy atom. The van der Waals surface area contributed by atoms with Crippen LogP contribution in [0.1, 0.15) is 18.7 Å². The fourth-order valence-electron chi connectivity index (χ4n) is 2.88. The lowest BCUT2D eigenvalue weighted by Gasteiger charge is -2.21. The number of carbonyl (C=O) groups is 1. The monoisotopic (exact) mass is 347 g/mol. The summed E-state index contributed by atoms with van der Waals surface area (Å²) < 4.78 is 0. The number of para-hydroxylation sites is 2. The van der Waals surface area contributed by atoms with Crippen LogP contribution in [0, 0.1) is 0 Å². The van der Waals surface area contributed by atoms with Gasteiger partial charge in [0.2, 0.25) is 5.91 Å². The molecule has 5 nitrogen and oxygen atoms in total. The topological polar surface area (TPSA) is 66.1 Å². The summed E-state index contributed by atoms with van der Waals surface area (Å²) in [7, 11) is 0. The number of carbonyl (C=O) groups excluding carboxylic acids is 1. The van der Waals surface area contributed by atoms with E-state index in [1.807, 2.05) is 48.5 Å². The van der Waals surface area contributed by atoms with E-state index in [0.717, 1.165) is 5.69 Å². The quantitative estimate of drug-likeness (QED) is 0.666. The average molecular weight is 347 g/mol. The van der Waals surface area contributed by atoms with Crippen LogP contribution in [0.3, 0.4) is 0 Å². The average Bonchev–Trinajstić information content (AvgIpc) is 2.67. The van der Waals surface area contributed by atoms with Gasteiger partial charge in [0.1, 0.15) is 5.82 Å². The van der Waals surface area contributed by atoms with Crippen molar-refractivity contribution in [2.75, 3.05) is 11.4 Å². The number of hydrogen-bond donors (Lipinski definition) is 1. The zero-order chi connectivity index (χ0) is 18.4. The van der Waals surface area contributed by atoms with E-state index in [1.165, 1.54) is 0 Å². The summed E-state index contributed by atoms with van der Waals surface area (Å²) in [5.74, 6) is 0.635. The predicted octanol–water partition coefficient (Wildman–Crippen LogP) is 3.47. The highest BCUT2D eigenvalue weighted by atomic mass is 16.2. The van der Waals surface area contributed by atoms with Crippen LogP contribution in [0.2, 0.25) is 0 Å². The number of rotatable bonds is 7. The number of aromatic amines is 1. The van der Waals surface area contributed by atoms with E-state index in [9.17, 15) is 9.59 Å². The number of fused-ring (bicyclic) bond motifs is 1. The van der Waals surface area contributed by atoms with Crippen molar-refractivity contribution in [2.45, 2.75) is 19.3 Å². The summed E-state index contributed by atoms with van der Waals surface area (Å²) in [5.41, 5.74) is 1.39. The van der Waals surface area contributed by atoms with Crippen LogP contribution < -0.4 is 10.5 Å². The smallest absolute Gasteiger partial charge is 0.258 e. The van der Waals surface area contributed by atoms with E-state index >= 15 is 0 Å². The molecular weight excluding hydrogens is 326 g/mol. The highest BCUT2D eigenvalue weighted by molar-refractivity contribution is 5.93. The molecule has 0 saturated carbocycles. The number of anilines is 1. The van der Waals surface area contributed by atoms with Crippen LogP contribution in [-0.2, 0) is 11.2 Å². The van der Waals surface area contributed by atoms with Crippen molar-refractivity contribution in [1.82, 2.24) is 9.97 Å². The second-order valence-corrected chi connectivity index (χ2v) is 6.01. The van der Waals surface area contributed by atoms with Crippen LogP contribution >= 0.6 is 0 Å². The van der Waals surface area contributed by atoms with Gasteiger partial charge in [-0.1, -0.05) is 36.4 Å². The molecule has 1 amide bonds. The van der Waals surface area contributed by atoms with Crippen LogP contribution in [-0.4, -0.2) is 22.4 Å². The van der Waals surface area contributed by atoms with E-state index in [-0.39, 0.29) is 11.5 Å². The summed E-state index contributed by atoms with van der Waals surface area (Å²) in [6.45, 7) is 4.20. The third-order valence-electron chi connectivity index (χ3n) is 4.15. The number of hydrogen-bond acceptors (Lipinski definition) is 3. The first-order valence-corrected chi connectivity index (χ1v) is 8.63. The summed E-state index contributed by atoms with van der Waals surface area (Å²) >= 11 is 0. The Morgan fingerprint density at radius 3 is 2.62 bits per heavy atom. The van der Waals surface area contributed by atoms with Gasteiger partial charge in [-0.15, -0.1) is 6.58 Å². The molecule has 2 aromatic carbocycles. The van der Waals surface area contributed by atoms with Crippen molar-refractivity contribution < 1.29 is 4.79 Å². The molecule has 1 aromatic heterocycles. The van der Waals surface area contributed by atoms with Crippen LogP contribution in [0.5, 0.6) is 0 Å². The van der Waals surface area contributed by atoms with Gasteiger partial charge in [0, 0.05) is 25.1 Å². The molecule has 0 atom stereocenters. The molecule has 0 unspecified atom stereocenters. The number of benzene rings is 2. The molecule has 5 heteroatoms. The first-order chi connectivity index (χ1) is 12.7. The third-order valence-corrected chi connectivity index (χ3v) is 4.15. The minimum absolute atomic E-state index is 0.0271. The highest BCUT2D eigenvalue weighted by Crippen LogP contribution is 2.15. The van der Waals surface area contributed by atoms with Crippen LogP contribution in [0.4, 0.5) is 5.69 Å². The van der Waals surface area contributed by atoms with Gasteiger partial charge < -0.3 is 9.88 Å². The Bertz CT molecular complexity index is 964. The Morgan fingerprint density at radius 2 is 1.85 bits per heavy atom. The molecule has 0 fully saturated rings. The number of amides is 1. The molecule has 3 aromatic rings. The first-order valence-electron chi connectivity index (χ1n) is 8.63. The molecule has 26 heavy (non-hydrogen) atoms. The Balaban J connectivity index is 1.66. The summed E-state index contributed by atoms with van der Waals surface area (Å²) in [6.07, 6.45) is 3.25. The zero-order valence-corrected chi connectivity index (χ0v) is 14.5. The summed E-state index contributed by atoms with van der Waals surface area (Å²) in [5, 5.41) is 0.577. The van der Waals surface area contributed by atoms with E-state index < -0.39 is 0 Å². The number of nitrogens with zero attached hydrogens (tertiary/aromatic N) is 2. The van der Waals surface area contributed by atoms with Gasteiger partial charge >= 0.3 is 0 Å². The van der Waals surface area contributed by atoms with Gasteiger partial charge in [-0.05, 0) is 30.7 Å². The summed E-state index contributed by atoms with van der Waals surface area (Å²) in [4.78, 5) is 33.7. The normalized spacial score (nSPS) is 10.6. The van der Waals surface area contributed by atoms with Gasteiger partial charge in [-0.25, -0.2) is 4.98 Å². The lowest BCUT2D eigenvalue weighted by atomic mass is 10.2. The SMILES string of the molecule is C=CCN(C(=O)CCCc1nc2ccccc2c(=O)[nH]1)c1ccccc1. The largest absolute Gasteiger partial charge is 0.310 e. The van der Waals surface area contributed by atoms with Crippen LogP contribution in [0.25, 0.3) is 10.9 Å². The molecule has 1 N–H and O–H groups in total. The maximum atomic E-state index is 12.6. The molecule has 0 radical (unpaired) electrons. The van der Waals surface area contributed by atoms with Crippen molar-refractivity contribution in [3.05, 3.63) is 83.4 Å². The fraction of sp³-hybridized carbons (Fsp3) is 0.190. The van der Waals surface area contributed by atoms with Crippen LogP contribution in [0.15, 0.2) is 72.0 Å². The number of nitrogens with one attached hydrogen (secondary N) is 1. The second-order valence-electron chi connectivity index (χ2n) is 6.01. The van der Waals surface area contributed by atoms with Crippen molar-refractivity contribution in [2.24, 2.45) is 0 Å². The number of aromatic nitrogens is 2. The number of H-pyrrole nitrogens is 1. The second kappa shape index (κ2) is 8.25. The molecule has 0 aliphatic carbocycles. The van der Waals surface area contributed by atoms with Gasteiger partial charge in [-0.3, -0.25) is 9.59 Å². The van der Waals surface area contributed by atoms with E-state index in [2.05, 4.69) is 16.5 Å². The van der Waals surface area contributed by atoms with Gasteiger partial charge in [0.05, 0.1) is 10.9 Å². The van der Waals surface area contributed by atoms with Crippen molar-refractivity contribution in [3.8, 4) is 0 Å². The minimum atomic E-state index is -0.144. The Hall–Kier alpha value is -3.21. The molecular formula is C21H21N3O2. The zero-order valence-electron chi connectivity index (χ0n) is 14.5. The molecule has 0 spiro atoms. The highest BCUT2D eigenvalue weighted by Gasteiger charge is 2.14. The maximum absolute atomic E-state index is 12.6. The first kappa shape index (κ1) is 17.6. The van der Waals surface area contributed by atoms with Crippen molar-refractivity contribution >= 4 is 22.5 Å². The Kier molecular flexibility index (Phi) is 5.59. The van der Waals surface area contributed by atoms with Gasteiger partial charge in [0.15, 0.2) is 0 Å². The summed E-state index contributed by atoms with van der Waals surface area (Å²) in [6, 6.07) is 16.8. The van der Waals surface area contributed by atoms with E-state index in [0.29, 0.717) is 42.5 Å². The molecule has 0 aliphatic heterocycles. The van der Waals surface area contributed by atoms with Crippen molar-refractivity contribution in [1.29, 1.82) is 0 Å². The third kappa shape index (κ3) is 4.06. The molecule has 132 valence electrons. The predicted molar refractivity (Wildman–Crippen MR) is 104 cm³/mol. The molecule has 0 bridgehead atoms. The lowest BCUT2D eigenvalue weighted by molar-refractivity contribution is -0.118. The molecule has 0 aliphatic rings. The molecule has 0 saturated heterocycles. The Labute approximate surface area is 152 Å². The fourth-order valence-corrected chi connectivity index (χ4v) is 2.88. The molecule has 1 heterocycles. The van der Waals surface area contributed by atoms with Gasteiger partial charge in [0.25, 0.3) is 5.56 Å². The lowest BCUT2D eigenvalue weighted by Crippen LogP contribution is -2.30. The minimum Gasteiger partial charge on any atom is -0.310 e. The maximum Gasteiger partial charge on any atom is 0.258 e. The van der Waals surface area contributed by atoms with E-state index in [4.69, 9.17) is 0 Å².